The summed E-state index contributed by atoms with van der Waals surface area (Å²) < 4.78 is 9.29. The van der Waals surface area contributed by atoms with Crippen molar-refractivity contribution in [2.75, 3.05) is 4.90 Å². The number of hydrogen-bond donors (Lipinski definition) is 0. The van der Waals surface area contributed by atoms with E-state index in [9.17, 15) is 0 Å². The highest BCUT2D eigenvalue weighted by Crippen LogP contribution is 2.53. The molecule has 7 aromatic carbocycles. The van der Waals surface area contributed by atoms with Crippen molar-refractivity contribution in [3.05, 3.63) is 162 Å². The second kappa shape index (κ2) is 10.4. The van der Waals surface area contributed by atoms with Gasteiger partial charge in [0, 0.05) is 42.0 Å². The SMILES string of the molecule is Cc1ccc2c(c1)sc1cccc(N(c3ccc4c(c3)C(C)(C)c3ccc(-c5ccccc5)cc3-4)c3cccc4c3oc3ccccc34)c12. The molecule has 49 heavy (non-hydrogen) atoms. The zero-order valence-electron chi connectivity index (χ0n) is 27.6. The Balaban J connectivity index is 1.24. The predicted molar refractivity (Wildman–Crippen MR) is 209 cm³/mol. The second-order valence-electron chi connectivity index (χ2n) is 13.8. The molecule has 0 atom stereocenters. The number of thiophene rings is 1. The maximum Gasteiger partial charge on any atom is 0.159 e. The summed E-state index contributed by atoms with van der Waals surface area (Å²) in [6, 6.07) is 53.2. The minimum Gasteiger partial charge on any atom is -0.454 e. The van der Waals surface area contributed by atoms with Crippen LogP contribution in [-0.2, 0) is 5.41 Å². The third-order valence-corrected chi connectivity index (χ3v) is 11.6. The lowest BCUT2D eigenvalue weighted by Gasteiger charge is -2.28. The quantitative estimate of drug-likeness (QED) is 0.189. The van der Waals surface area contributed by atoms with E-state index in [0.29, 0.717) is 0 Å². The third kappa shape index (κ3) is 4.19. The number of benzene rings is 7. The van der Waals surface area contributed by atoms with Crippen LogP contribution in [0.25, 0.3) is 64.4 Å². The van der Waals surface area contributed by atoms with Gasteiger partial charge in [-0.3, -0.25) is 0 Å². The zero-order chi connectivity index (χ0) is 32.9. The molecule has 0 fully saturated rings. The Labute approximate surface area is 289 Å². The zero-order valence-corrected chi connectivity index (χ0v) is 28.4. The molecule has 0 aliphatic heterocycles. The molecule has 0 unspecified atom stereocenters. The van der Waals surface area contributed by atoms with Crippen LogP contribution in [-0.4, -0.2) is 0 Å². The molecule has 9 aromatic rings. The van der Waals surface area contributed by atoms with Crippen molar-refractivity contribution in [2.45, 2.75) is 26.2 Å². The molecule has 0 bridgehead atoms. The van der Waals surface area contributed by atoms with E-state index >= 15 is 0 Å². The Kier molecular flexibility index (Phi) is 6.04. The first kappa shape index (κ1) is 28.4. The number of nitrogens with zero attached hydrogens (tertiary/aromatic N) is 1. The number of rotatable bonds is 4. The van der Waals surface area contributed by atoms with Gasteiger partial charge in [0.05, 0.1) is 11.4 Å². The van der Waals surface area contributed by atoms with Crippen molar-refractivity contribution in [1.29, 1.82) is 0 Å². The van der Waals surface area contributed by atoms with Crippen LogP contribution in [0.1, 0.15) is 30.5 Å². The van der Waals surface area contributed by atoms with Gasteiger partial charge in [0.15, 0.2) is 5.58 Å². The van der Waals surface area contributed by atoms with E-state index in [-0.39, 0.29) is 5.41 Å². The molecule has 0 spiro atoms. The highest BCUT2D eigenvalue weighted by molar-refractivity contribution is 7.26. The Morgan fingerprint density at radius 3 is 2.24 bits per heavy atom. The monoisotopic (exact) mass is 647 g/mol. The van der Waals surface area contributed by atoms with Crippen molar-refractivity contribution in [1.82, 2.24) is 0 Å². The first-order valence-corrected chi connectivity index (χ1v) is 17.7. The fourth-order valence-corrected chi connectivity index (χ4v) is 9.33. The highest BCUT2D eigenvalue weighted by Gasteiger charge is 2.36. The lowest BCUT2D eigenvalue weighted by Crippen LogP contribution is -2.16. The van der Waals surface area contributed by atoms with Crippen molar-refractivity contribution >= 4 is 70.5 Å². The van der Waals surface area contributed by atoms with E-state index in [1.807, 2.05) is 17.4 Å². The van der Waals surface area contributed by atoms with E-state index in [2.05, 4.69) is 165 Å². The lowest BCUT2D eigenvalue weighted by molar-refractivity contribution is 0.660. The van der Waals surface area contributed by atoms with Crippen molar-refractivity contribution in [3.63, 3.8) is 0 Å². The Morgan fingerprint density at radius 2 is 1.35 bits per heavy atom. The first-order chi connectivity index (χ1) is 24.0. The standard InChI is InChI=1S/C46H33NOS/c1-28-19-22-35-43(25-28)49-42-18-10-15-39(44(35)42)47(40-16-9-14-34-33-13-7-8-17-41(33)48-45(34)40)31-21-23-32-36-26-30(29-11-5-4-6-12-29)20-24-37(36)46(2,3)38(32)27-31/h4-27H,1-3H3. The molecular weight excluding hydrogens is 615 g/mol. The second-order valence-corrected chi connectivity index (χ2v) is 14.9. The van der Waals surface area contributed by atoms with E-state index < -0.39 is 0 Å². The number of furan rings is 1. The van der Waals surface area contributed by atoms with E-state index in [0.717, 1.165) is 39.0 Å². The van der Waals surface area contributed by atoms with Crippen molar-refractivity contribution in [2.24, 2.45) is 0 Å². The highest BCUT2D eigenvalue weighted by atomic mass is 32.1. The predicted octanol–water partition coefficient (Wildman–Crippen LogP) is 13.7. The third-order valence-electron chi connectivity index (χ3n) is 10.5. The minimum atomic E-state index is -0.161. The molecule has 10 rings (SSSR count). The van der Waals surface area contributed by atoms with Gasteiger partial charge >= 0.3 is 0 Å². The van der Waals surface area contributed by atoms with Crippen LogP contribution in [0.15, 0.2) is 150 Å². The molecule has 0 N–H and O–H groups in total. The maximum atomic E-state index is 6.70. The maximum absolute atomic E-state index is 6.70. The van der Waals surface area contributed by atoms with Gasteiger partial charge in [-0.25, -0.2) is 0 Å². The van der Waals surface area contributed by atoms with Crippen LogP contribution in [0.2, 0.25) is 0 Å². The van der Waals surface area contributed by atoms with Crippen molar-refractivity contribution < 1.29 is 4.42 Å². The van der Waals surface area contributed by atoms with E-state index in [1.165, 1.54) is 59.1 Å². The van der Waals surface area contributed by atoms with Crippen LogP contribution in [0.5, 0.6) is 0 Å². The largest absolute Gasteiger partial charge is 0.454 e. The van der Waals surface area contributed by atoms with Gasteiger partial charge < -0.3 is 9.32 Å². The molecule has 1 aliphatic rings. The fourth-order valence-electron chi connectivity index (χ4n) is 8.11. The minimum absolute atomic E-state index is 0.161. The van der Waals surface area contributed by atoms with E-state index in [1.54, 1.807) is 0 Å². The molecule has 0 saturated carbocycles. The van der Waals surface area contributed by atoms with Gasteiger partial charge in [0.25, 0.3) is 0 Å². The topological polar surface area (TPSA) is 16.4 Å². The molecule has 0 radical (unpaired) electrons. The summed E-state index contributed by atoms with van der Waals surface area (Å²) in [5.74, 6) is 0. The van der Waals surface area contributed by atoms with Crippen LogP contribution >= 0.6 is 11.3 Å². The number of para-hydroxylation sites is 2. The molecule has 234 valence electrons. The number of hydrogen-bond acceptors (Lipinski definition) is 3. The summed E-state index contributed by atoms with van der Waals surface area (Å²) in [4.78, 5) is 2.44. The Morgan fingerprint density at radius 1 is 0.551 bits per heavy atom. The molecule has 0 amide bonds. The van der Waals surface area contributed by atoms with Gasteiger partial charge in [-0.1, -0.05) is 111 Å². The molecule has 3 heteroatoms. The summed E-state index contributed by atoms with van der Waals surface area (Å²) in [5, 5.41) is 4.81. The van der Waals surface area contributed by atoms with Crippen LogP contribution < -0.4 is 4.90 Å². The Hall–Kier alpha value is -5.64. The molecule has 2 nitrogen and oxygen atoms in total. The molecule has 2 heterocycles. The summed E-state index contributed by atoms with van der Waals surface area (Å²) in [6.45, 7) is 6.90. The van der Waals surface area contributed by atoms with Crippen LogP contribution in [0, 0.1) is 6.92 Å². The number of aryl methyl sites for hydroxylation is 1. The smallest absolute Gasteiger partial charge is 0.159 e. The summed E-state index contributed by atoms with van der Waals surface area (Å²) in [7, 11) is 0. The first-order valence-electron chi connectivity index (χ1n) is 16.9. The normalized spacial score (nSPS) is 13.4. The fraction of sp³-hybridized carbons (Fsp3) is 0.0870. The van der Waals surface area contributed by atoms with Gasteiger partial charge in [-0.15, -0.1) is 11.3 Å². The average molecular weight is 648 g/mol. The average Bonchev–Trinajstić information content (AvgIpc) is 3.77. The van der Waals surface area contributed by atoms with E-state index in [4.69, 9.17) is 4.42 Å². The lowest BCUT2D eigenvalue weighted by atomic mass is 9.82. The van der Waals surface area contributed by atoms with Crippen LogP contribution in [0.4, 0.5) is 17.1 Å². The summed E-state index contributed by atoms with van der Waals surface area (Å²) in [6.07, 6.45) is 0. The molecule has 2 aromatic heterocycles. The number of anilines is 3. The van der Waals surface area contributed by atoms with Gasteiger partial charge in [-0.05, 0) is 94.4 Å². The Bertz CT molecular complexity index is 2770. The van der Waals surface area contributed by atoms with Gasteiger partial charge in [0.1, 0.15) is 5.58 Å². The molecule has 1 aliphatic carbocycles. The van der Waals surface area contributed by atoms with Gasteiger partial charge in [-0.2, -0.15) is 0 Å². The van der Waals surface area contributed by atoms with Crippen LogP contribution in [0.3, 0.4) is 0 Å². The summed E-state index contributed by atoms with van der Waals surface area (Å²) in [5.41, 5.74) is 14.0. The molecule has 0 saturated heterocycles. The van der Waals surface area contributed by atoms with Gasteiger partial charge in [0.2, 0.25) is 0 Å². The summed E-state index contributed by atoms with van der Waals surface area (Å²) >= 11 is 1.87. The van der Waals surface area contributed by atoms with Crippen molar-refractivity contribution in [3.8, 4) is 22.3 Å². The molecular formula is C46H33NOS. The number of fused-ring (bicyclic) bond motifs is 9.